The van der Waals surface area contributed by atoms with Crippen LogP contribution < -0.4 is 5.73 Å². The van der Waals surface area contributed by atoms with Gasteiger partial charge in [0.25, 0.3) is 0 Å². The molecular weight excluding hydrogens is 251 g/mol. The summed E-state index contributed by atoms with van der Waals surface area (Å²) < 4.78 is 14.2. The van der Waals surface area contributed by atoms with Crippen molar-refractivity contribution in [1.29, 1.82) is 0 Å². The van der Waals surface area contributed by atoms with E-state index < -0.39 is 24.1 Å². The summed E-state index contributed by atoms with van der Waals surface area (Å²) in [7, 11) is 0. The van der Waals surface area contributed by atoms with Gasteiger partial charge in [-0.3, -0.25) is 0 Å². The highest BCUT2D eigenvalue weighted by Gasteiger charge is 2.44. The molecule has 0 aliphatic heterocycles. The average molecular weight is 266 g/mol. The van der Waals surface area contributed by atoms with E-state index in [4.69, 9.17) is 10.8 Å². The van der Waals surface area contributed by atoms with Crippen molar-refractivity contribution in [3.63, 3.8) is 0 Å². The highest BCUT2D eigenvalue weighted by Crippen LogP contribution is 2.42. The lowest BCUT2D eigenvalue weighted by Crippen LogP contribution is -2.25. The van der Waals surface area contributed by atoms with E-state index in [9.17, 15) is 9.50 Å². The zero-order valence-corrected chi connectivity index (χ0v) is 10.1. The molecule has 0 amide bonds. The standard InChI is InChI=1S/C12H15FN4O2/c13-8-6(1-5(3-18)11(8)19)7-2-15-10-9(7)16-4-17-12(10)14/h2,4-6,8,11,15,18-19H,1,3H2,(H2,14,16,17)/t5-,6+,8+,11-/m1/s1. The zero-order chi connectivity index (χ0) is 13.6. The quantitative estimate of drug-likeness (QED) is 0.626. The number of H-pyrrole nitrogens is 1. The largest absolute Gasteiger partial charge is 0.396 e. The van der Waals surface area contributed by atoms with Crippen LogP contribution >= 0.6 is 0 Å². The minimum absolute atomic E-state index is 0.225. The molecule has 3 rings (SSSR count). The minimum Gasteiger partial charge on any atom is -0.396 e. The van der Waals surface area contributed by atoms with E-state index in [-0.39, 0.29) is 6.61 Å². The SMILES string of the molecule is Nc1ncnc2c([C@@H]3C[C@H](CO)[C@@H](O)[C@H]3F)c[nH]c12. The van der Waals surface area contributed by atoms with Crippen molar-refractivity contribution >= 4 is 16.9 Å². The monoisotopic (exact) mass is 266 g/mol. The highest BCUT2D eigenvalue weighted by atomic mass is 19.1. The molecule has 102 valence electrons. The van der Waals surface area contributed by atoms with Gasteiger partial charge in [-0.1, -0.05) is 0 Å². The summed E-state index contributed by atoms with van der Waals surface area (Å²) in [4.78, 5) is 10.9. The predicted octanol–water partition coefficient (Wildman–Crippen LogP) is 0.335. The minimum atomic E-state index is -1.41. The number of nitrogens with one attached hydrogen (secondary N) is 1. The van der Waals surface area contributed by atoms with E-state index in [1.54, 1.807) is 6.20 Å². The number of hydrogen-bond donors (Lipinski definition) is 4. The third kappa shape index (κ3) is 1.77. The van der Waals surface area contributed by atoms with E-state index in [0.29, 0.717) is 28.8 Å². The second-order valence-corrected chi connectivity index (χ2v) is 4.95. The van der Waals surface area contributed by atoms with Crippen molar-refractivity contribution in [3.05, 3.63) is 18.1 Å². The van der Waals surface area contributed by atoms with Gasteiger partial charge in [-0.05, 0) is 6.42 Å². The summed E-state index contributed by atoms with van der Waals surface area (Å²) in [6.07, 6.45) is 0.818. The Bertz CT molecular complexity index is 602. The van der Waals surface area contributed by atoms with Crippen LogP contribution in [0.5, 0.6) is 0 Å². The third-order valence-corrected chi connectivity index (χ3v) is 3.91. The van der Waals surface area contributed by atoms with Crippen molar-refractivity contribution in [2.24, 2.45) is 5.92 Å². The van der Waals surface area contributed by atoms with E-state index >= 15 is 0 Å². The molecule has 5 N–H and O–H groups in total. The summed E-state index contributed by atoms with van der Waals surface area (Å²) in [6, 6.07) is 0. The van der Waals surface area contributed by atoms with Crippen LogP contribution in [-0.2, 0) is 0 Å². The van der Waals surface area contributed by atoms with Crippen LogP contribution in [0.25, 0.3) is 11.0 Å². The molecule has 1 aliphatic carbocycles. The normalized spacial score (nSPS) is 31.1. The molecule has 2 heterocycles. The summed E-state index contributed by atoms with van der Waals surface area (Å²) in [5.41, 5.74) is 7.54. The van der Waals surface area contributed by atoms with Crippen molar-refractivity contribution in [2.45, 2.75) is 24.6 Å². The molecule has 2 aromatic heterocycles. The Morgan fingerprint density at radius 2 is 2.26 bits per heavy atom. The topological polar surface area (TPSA) is 108 Å². The van der Waals surface area contributed by atoms with Crippen LogP contribution in [0.3, 0.4) is 0 Å². The smallest absolute Gasteiger partial charge is 0.151 e. The number of aromatic amines is 1. The van der Waals surface area contributed by atoms with Gasteiger partial charge in [0.2, 0.25) is 0 Å². The third-order valence-electron chi connectivity index (χ3n) is 3.91. The number of aliphatic hydroxyl groups is 2. The van der Waals surface area contributed by atoms with Crippen LogP contribution in [0.4, 0.5) is 10.2 Å². The lowest BCUT2D eigenvalue weighted by Gasteiger charge is -2.13. The van der Waals surface area contributed by atoms with Gasteiger partial charge in [-0.15, -0.1) is 0 Å². The molecule has 19 heavy (non-hydrogen) atoms. The van der Waals surface area contributed by atoms with Crippen LogP contribution in [0.15, 0.2) is 12.5 Å². The Balaban J connectivity index is 2.04. The molecule has 1 fully saturated rings. The maximum absolute atomic E-state index is 14.2. The van der Waals surface area contributed by atoms with Crippen molar-refractivity contribution in [3.8, 4) is 0 Å². The summed E-state index contributed by atoms with van der Waals surface area (Å²) in [5, 5.41) is 18.9. The first-order chi connectivity index (χ1) is 9.13. The first-order valence-electron chi connectivity index (χ1n) is 6.14. The van der Waals surface area contributed by atoms with Crippen molar-refractivity contribution in [2.75, 3.05) is 12.3 Å². The van der Waals surface area contributed by atoms with Crippen molar-refractivity contribution < 1.29 is 14.6 Å². The molecule has 0 aromatic carbocycles. The molecule has 0 unspecified atom stereocenters. The number of halogens is 1. The number of aromatic nitrogens is 3. The lowest BCUT2D eigenvalue weighted by molar-refractivity contribution is 0.0434. The van der Waals surface area contributed by atoms with Crippen LogP contribution in [0.2, 0.25) is 0 Å². The summed E-state index contributed by atoms with van der Waals surface area (Å²) in [5.74, 6) is -0.622. The maximum Gasteiger partial charge on any atom is 0.151 e. The van der Waals surface area contributed by atoms with Crippen LogP contribution in [0, 0.1) is 5.92 Å². The summed E-state index contributed by atoms with van der Waals surface area (Å²) >= 11 is 0. The maximum atomic E-state index is 14.2. The number of rotatable bonds is 2. The Kier molecular flexibility index (Phi) is 2.87. The molecule has 7 heteroatoms. The van der Waals surface area contributed by atoms with E-state index in [1.807, 2.05) is 0 Å². The Morgan fingerprint density at radius 1 is 1.47 bits per heavy atom. The molecule has 0 spiro atoms. The number of nitrogens with two attached hydrogens (primary N) is 1. The van der Waals surface area contributed by atoms with Crippen LogP contribution in [0.1, 0.15) is 17.9 Å². The number of anilines is 1. The van der Waals surface area contributed by atoms with Gasteiger partial charge in [0.05, 0.1) is 11.6 Å². The number of alkyl halides is 1. The molecule has 0 radical (unpaired) electrons. The van der Waals surface area contributed by atoms with Gasteiger partial charge in [0, 0.05) is 30.2 Å². The zero-order valence-electron chi connectivity index (χ0n) is 10.1. The number of nitrogen functional groups attached to an aromatic ring is 1. The summed E-state index contributed by atoms with van der Waals surface area (Å²) in [6.45, 7) is -0.225. The number of fused-ring (bicyclic) bond motifs is 1. The lowest BCUT2D eigenvalue weighted by atomic mass is 9.97. The van der Waals surface area contributed by atoms with E-state index in [1.165, 1.54) is 6.33 Å². The molecule has 4 atom stereocenters. The number of nitrogens with zero attached hydrogens (tertiary/aromatic N) is 2. The average Bonchev–Trinajstić information content (AvgIpc) is 2.94. The molecule has 0 bridgehead atoms. The van der Waals surface area contributed by atoms with E-state index in [0.717, 1.165) is 0 Å². The molecular formula is C12H15FN4O2. The predicted molar refractivity (Wildman–Crippen MR) is 67.1 cm³/mol. The van der Waals surface area contributed by atoms with E-state index in [2.05, 4.69) is 15.0 Å². The molecule has 2 aromatic rings. The number of hydrogen-bond acceptors (Lipinski definition) is 5. The fourth-order valence-corrected chi connectivity index (χ4v) is 2.84. The van der Waals surface area contributed by atoms with Gasteiger partial charge < -0.3 is 20.9 Å². The first-order valence-corrected chi connectivity index (χ1v) is 6.14. The highest BCUT2D eigenvalue weighted by molar-refractivity contribution is 5.87. The Morgan fingerprint density at radius 3 is 2.95 bits per heavy atom. The molecule has 6 nitrogen and oxygen atoms in total. The first kappa shape index (κ1) is 12.3. The van der Waals surface area contributed by atoms with Gasteiger partial charge in [-0.25, -0.2) is 14.4 Å². The second kappa shape index (κ2) is 4.43. The Labute approximate surface area is 108 Å². The number of aliphatic hydroxyl groups excluding tert-OH is 2. The Hall–Kier alpha value is -1.73. The molecule has 1 aliphatic rings. The van der Waals surface area contributed by atoms with Crippen molar-refractivity contribution in [1.82, 2.24) is 15.0 Å². The molecule has 1 saturated carbocycles. The van der Waals surface area contributed by atoms with Gasteiger partial charge >= 0.3 is 0 Å². The fraction of sp³-hybridized carbons (Fsp3) is 0.500. The van der Waals surface area contributed by atoms with Gasteiger partial charge in [0.15, 0.2) is 5.82 Å². The second-order valence-electron chi connectivity index (χ2n) is 4.95. The fourth-order valence-electron chi connectivity index (χ4n) is 2.84. The molecule has 0 saturated heterocycles. The van der Waals surface area contributed by atoms with Gasteiger partial charge in [0.1, 0.15) is 18.0 Å². The van der Waals surface area contributed by atoms with Crippen LogP contribution in [-0.4, -0.2) is 44.0 Å². The van der Waals surface area contributed by atoms with Gasteiger partial charge in [-0.2, -0.15) is 0 Å².